The molecule has 116 valence electrons. The molecule has 0 spiro atoms. The number of nitrogens with zero attached hydrogens (tertiary/aromatic N) is 4. The molecule has 0 N–H and O–H groups in total. The molecule has 3 aromatic rings. The van der Waals surface area contributed by atoms with Crippen molar-refractivity contribution in [2.24, 2.45) is 0 Å². The first kappa shape index (κ1) is 14.2. The van der Waals surface area contributed by atoms with Gasteiger partial charge in [0.1, 0.15) is 22.5 Å². The molecule has 0 bridgehead atoms. The van der Waals surface area contributed by atoms with Crippen LogP contribution in [0, 0.1) is 25.2 Å². The van der Waals surface area contributed by atoms with Crippen LogP contribution in [0.5, 0.6) is 5.75 Å². The Bertz CT molecular complexity index is 936. The van der Waals surface area contributed by atoms with Crippen molar-refractivity contribution < 1.29 is 4.74 Å². The van der Waals surface area contributed by atoms with E-state index in [2.05, 4.69) is 11.2 Å². The topological polar surface area (TPSA) is 63.2 Å². The van der Waals surface area contributed by atoms with Crippen molar-refractivity contribution in [3.8, 4) is 23.1 Å². The normalized spacial score (nSPS) is 14.2. The number of rotatable bonds is 3. The molecule has 6 heteroatoms. The third-order valence-electron chi connectivity index (χ3n) is 4.23. The Morgan fingerprint density at radius 1 is 1.30 bits per heavy atom. The highest BCUT2D eigenvalue weighted by Gasteiger charge is 2.29. The molecular weight excluding hydrogens is 308 g/mol. The lowest BCUT2D eigenvalue weighted by Gasteiger charge is -2.10. The molecule has 0 atom stereocenters. The Morgan fingerprint density at radius 2 is 2.00 bits per heavy atom. The quantitative estimate of drug-likeness (QED) is 0.734. The zero-order valence-corrected chi connectivity index (χ0v) is 14.1. The number of nitriles is 1. The lowest BCUT2D eigenvalue weighted by Crippen LogP contribution is -1.96. The Labute approximate surface area is 138 Å². The molecule has 2 heterocycles. The monoisotopic (exact) mass is 324 g/mol. The second-order valence-corrected chi connectivity index (χ2v) is 6.95. The minimum Gasteiger partial charge on any atom is -0.497 e. The first-order valence-electron chi connectivity index (χ1n) is 7.57. The fourth-order valence-electron chi connectivity index (χ4n) is 2.95. The molecule has 0 amide bonds. The van der Waals surface area contributed by atoms with Gasteiger partial charge in [-0.05, 0) is 49.9 Å². The lowest BCUT2D eigenvalue weighted by molar-refractivity contribution is 0.414. The molecule has 23 heavy (non-hydrogen) atoms. The first-order valence-corrected chi connectivity index (χ1v) is 8.39. The van der Waals surface area contributed by atoms with Crippen LogP contribution in [-0.2, 0) is 0 Å². The average Bonchev–Trinajstić information content (AvgIpc) is 3.20. The van der Waals surface area contributed by atoms with Gasteiger partial charge in [0.05, 0.1) is 7.11 Å². The third kappa shape index (κ3) is 2.20. The highest BCUT2D eigenvalue weighted by molar-refractivity contribution is 7.16. The molecule has 1 saturated carbocycles. The first-order chi connectivity index (χ1) is 11.1. The van der Waals surface area contributed by atoms with Crippen LogP contribution >= 0.6 is 11.3 Å². The Balaban J connectivity index is 1.92. The maximum atomic E-state index is 9.64. The van der Waals surface area contributed by atoms with E-state index in [1.807, 2.05) is 26.0 Å². The molecule has 0 unspecified atom stereocenters. The molecule has 2 aromatic heterocycles. The van der Waals surface area contributed by atoms with Crippen LogP contribution in [0.1, 0.15) is 40.6 Å². The van der Waals surface area contributed by atoms with E-state index in [0.717, 1.165) is 32.4 Å². The van der Waals surface area contributed by atoms with E-state index < -0.39 is 0 Å². The summed E-state index contributed by atoms with van der Waals surface area (Å²) < 4.78 is 7.02. The summed E-state index contributed by atoms with van der Waals surface area (Å²) in [6.07, 6.45) is 2.39. The Morgan fingerprint density at radius 3 is 2.57 bits per heavy atom. The zero-order valence-electron chi connectivity index (χ0n) is 13.3. The van der Waals surface area contributed by atoms with Crippen molar-refractivity contribution in [3.63, 3.8) is 0 Å². The van der Waals surface area contributed by atoms with E-state index in [1.54, 1.807) is 23.0 Å². The number of fused-ring (bicyclic) bond motifs is 1. The second kappa shape index (κ2) is 5.07. The van der Waals surface area contributed by atoms with E-state index in [9.17, 15) is 5.26 Å². The largest absolute Gasteiger partial charge is 0.497 e. The molecule has 0 radical (unpaired) electrons. The molecule has 0 saturated heterocycles. The van der Waals surface area contributed by atoms with Crippen LogP contribution in [0.2, 0.25) is 0 Å². The van der Waals surface area contributed by atoms with Crippen molar-refractivity contribution in [1.29, 1.82) is 5.26 Å². The second-order valence-electron chi connectivity index (χ2n) is 5.97. The maximum absolute atomic E-state index is 9.64. The summed E-state index contributed by atoms with van der Waals surface area (Å²) in [5.74, 6) is 1.39. The van der Waals surface area contributed by atoms with Gasteiger partial charge in [0.25, 0.3) is 0 Å². The molecule has 5 nitrogen and oxygen atoms in total. The van der Waals surface area contributed by atoms with Gasteiger partial charge in [0.2, 0.25) is 4.96 Å². The van der Waals surface area contributed by atoms with E-state index >= 15 is 0 Å². The van der Waals surface area contributed by atoms with Crippen molar-refractivity contribution in [3.05, 3.63) is 34.0 Å². The van der Waals surface area contributed by atoms with E-state index in [4.69, 9.17) is 9.72 Å². The van der Waals surface area contributed by atoms with Crippen molar-refractivity contribution in [2.75, 3.05) is 7.11 Å². The predicted molar refractivity (Wildman–Crippen MR) is 89.0 cm³/mol. The van der Waals surface area contributed by atoms with Gasteiger partial charge in [0.15, 0.2) is 5.69 Å². The highest BCUT2D eigenvalue weighted by Crippen LogP contribution is 2.42. The van der Waals surface area contributed by atoms with E-state index in [-0.39, 0.29) is 0 Å². The van der Waals surface area contributed by atoms with Crippen LogP contribution < -0.4 is 4.74 Å². The number of imidazole rings is 1. The van der Waals surface area contributed by atoms with Crippen LogP contribution in [0.15, 0.2) is 12.1 Å². The molecule has 1 aliphatic rings. The van der Waals surface area contributed by atoms with Crippen LogP contribution in [0.25, 0.3) is 16.2 Å². The molecule has 4 rings (SSSR count). The number of hydrogen-bond acceptors (Lipinski definition) is 5. The lowest BCUT2D eigenvalue weighted by atomic mass is 9.98. The van der Waals surface area contributed by atoms with Crippen molar-refractivity contribution in [1.82, 2.24) is 14.6 Å². The summed E-state index contributed by atoms with van der Waals surface area (Å²) in [4.78, 5) is 5.52. The summed E-state index contributed by atoms with van der Waals surface area (Å²) in [5.41, 5.74) is 4.32. The van der Waals surface area contributed by atoms with Crippen LogP contribution in [-0.4, -0.2) is 21.7 Å². The number of aryl methyl sites for hydroxylation is 2. The number of aromatic nitrogens is 3. The molecule has 1 fully saturated rings. The van der Waals surface area contributed by atoms with E-state index in [1.165, 1.54) is 12.8 Å². The van der Waals surface area contributed by atoms with Crippen LogP contribution in [0.4, 0.5) is 0 Å². The Hall–Kier alpha value is -2.39. The number of hydrogen-bond donors (Lipinski definition) is 0. The smallest absolute Gasteiger partial charge is 0.214 e. The standard InChI is InChI=1S/C17H16N4OS/c1-9-6-12(22-3)7-10(2)14(9)15-13(8-18)21-17(19-15)23-16(20-21)11-4-5-11/h6-7,11H,4-5H2,1-3H3. The maximum Gasteiger partial charge on any atom is 0.214 e. The number of ether oxygens (including phenoxy) is 1. The van der Waals surface area contributed by atoms with Gasteiger partial charge in [-0.25, -0.2) is 4.98 Å². The average molecular weight is 324 g/mol. The summed E-state index contributed by atoms with van der Waals surface area (Å²) in [5, 5.41) is 15.3. The van der Waals surface area contributed by atoms with Crippen LogP contribution in [0.3, 0.4) is 0 Å². The third-order valence-corrected chi connectivity index (χ3v) is 5.30. The minimum absolute atomic E-state index is 0.513. The minimum atomic E-state index is 0.513. The van der Waals surface area contributed by atoms with Gasteiger partial charge in [-0.2, -0.15) is 14.9 Å². The fraction of sp³-hybridized carbons (Fsp3) is 0.353. The molecule has 0 aliphatic heterocycles. The number of benzene rings is 1. The summed E-state index contributed by atoms with van der Waals surface area (Å²) in [7, 11) is 1.66. The predicted octanol–water partition coefficient (Wildman–Crippen LogP) is 3.83. The zero-order chi connectivity index (χ0) is 16.1. The molecule has 1 aromatic carbocycles. The highest BCUT2D eigenvalue weighted by atomic mass is 32.1. The van der Waals surface area contributed by atoms with Gasteiger partial charge in [-0.15, -0.1) is 0 Å². The molecule has 1 aliphatic carbocycles. The van der Waals surface area contributed by atoms with Crippen molar-refractivity contribution >= 4 is 16.3 Å². The summed E-state index contributed by atoms with van der Waals surface area (Å²) in [6.45, 7) is 4.03. The van der Waals surface area contributed by atoms with E-state index in [0.29, 0.717) is 17.3 Å². The van der Waals surface area contributed by atoms with Gasteiger partial charge in [0, 0.05) is 11.5 Å². The fourth-order valence-corrected chi connectivity index (χ4v) is 4.02. The summed E-state index contributed by atoms with van der Waals surface area (Å²) >= 11 is 1.60. The van der Waals surface area contributed by atoms with Gasteiger partial charge >= 0.3 is 0 Å². The number of methoxy groups -OCH3 is 1. The Kier molecular flexibility index (Phi) is 3.13. The van der Waals surface area contributed by atoms with Gasteiger partial charge in [-0.3, -0.25) is 0 Å². The summed E-state index contributed by atoms with van der Waals surface area (Å²) in [6, 6.07) is 6.23. The SMILES string of the molecule is COc1cc(C)c(-c2nc3sc(C4CC4)nn3c2C#N)c(C)c1. The van der Waals surface area contributed by atoms with Gasteiger partial charge < -0.3 is 4.74 Å². The van der Waals surface area contributed by atoms with Gasteiger partial charge in [-0.1, -0.05) is 11.3 Å². The molecular formula is C17H16N4OS. The van der Waals surface area contributed by atoms with Crippen molar-refractivity contribution in [2.45, 2.75) is 32.6 Å².